The van der Waals surface area contributed by atoms with Gasteiger partial charge in [-0.15, -0.1) is 0 Å². The molecule has 3 heteroatoms. The normalized spacial score (nSPS) is 23.0. The first kappa shape index (κ1) is 13.4. The molecular formula is C19H19NO2. The smallest absolute Gasteiger partial charge is 0.254 e. The predicted molar refractivity (Wildman–Crippen MR) is 85.1 cm³/mol. The molecule has 22 heavy (non-hydrogen) atoms. The van der Waals surface area contributed by atoms with Gasteiger partial charge in [0.05, 0.1) is 0 Å². The van der Waals surface area contributed by atoms with Crippen LogP contribution in [-0.2, 0) is 6.42 Å². The van der Waals surface area contributed by atoms with Crippen molar-refractivity contribution in [3.8, 4) is 5.75 Å². The van der Waals surface area contributed by atoms with E-state index in [0.29, 0.717) is 11.5 Å². The molecule has 2 aromatic rings. The van der Waals surface area contributed by atoms with Crippen LogP contribution in [0.1, 0.15) is 40.2 Å². The molecule has 2 atom stereocenters. The van der Waals surface area contributed by atoms with Gasteiger partial charge in [-0.2, -0.15) is 0 Å². The SMILES string of the molecule is O=C(c1ccc(O)cc1)N1CCCC2c3ccccc3CC21. The van der Waals surface area contributed by atoms with E-state index >= 15 is 0 Å². The Bertz CT molecular complexity index is 708. The summed E-state index contributed by atoms with van der Waals surface area (Å²) in [6.07, 6.45) is 3.19. The lowest BCUT2D eigenvalue weighted by Crippen LogP contribution is -2.46. The monoisotopic (exact) mass is 293 g/mol. The maximum Gasteiger partial charge on any atom is 0.254 e. The van der Waals surface area contributed by atoms with Crippen molar-refractivity contribution >= 4 is 5.91 Å². The van der Waals surface area contributed by atoms with E-state index in [9.17, 15) is 9.90 Å². The lowest BCUT2D eigenvalue weighted by Gasteiger charge is -2.38. The molecule has 2 unspecified atom stereocenters. The molecule has 0 aromatic heterocycles. The third-order valence-corrected chi connectivity index (χ3v) is 5.04. The second-order valence-corrected chi connectivity index (χ2v) is 6.26. The number of benzene rings is 2. The number of carbonyl (C=O) groups excluding carboxylic acids is 1. The van der Waals surface area contributed by atoms with E-state index in [1.807, 2.05) is 4.90 Å². The van der Waals surface area contributed by atoms with E-state index in [1.54, 1.807) is 24.3 Å². The van der Waals surface area contributed by atoms with Crippen molar-refractivity contribution in [3.63, 3.8) is 0 Å². The van der Waals surface area contributed by atoms with Gasteiger partial charge in [-0.05, 0) is 54.7 Å². The molecule has 3 nitrogen and oxygen atoms in total. The van der Waals surface area contributed by atoms with Crippen LogP contribution < -0.4 is 0 Å². The highest BCUT2D eigenvalue weighted by atomic mass is 16.3. The summed E-state index contributed by atoms with van der Waals surface area (Å²) in [6, 6.07) is 15.5. The first-order valence-corrected chi connectivity index (χ1v) is 7.92. The Kier molecular flexibility index (Phi) is 3.14. The molecule has 2 aliphatic rings. The topological polar surface area (TPSA) is 40.5 Å². The van der Waals surface area contributed by atoms with Gasteiger partial charge in [-0.1, -0.05) is 24.3 Å². The molecular weight excluding hydrogens is 274 g/mol. The van der Waals surface area contributed by atoms with Crippen molar-refractivity contribution in [2.45, 2.75) is 31.2 Å². The highest BCUT2D eigenvalue weighted by Gasteiger charge is 2.40. The molecule has 0 saturated carbocycles. The van der Waals surface area contributed by atoms with Gasteiger partial charge < -0.3 is 10.0 Å². The molecule has 112 valence electrons. The van der Waals surface area contributed by atoms with Crippen molar-refractivity contribution in [2.75, 3.05) is 6.54 Å². The van der Waals surface area contributed by atoms with Crippen LogP contribution in [0.5, 0.6) is 5.75 Å². The minimum absolute atomic E-state index is 0.0857. The molecule has 1 heterocycles. The van der Waals surface area contributed by atoms with Crippen molar-refractivity contribution in [3.05, 3.63) is 65.2 Å². The summed E-state index contributed by atoms with van der Waals surface area (Å²) in [5.74, 6) is 0.759. The van der Waals surface area contributed by atoms with Gasteiger partial charge in [0.25, 0.3) is 5.91 Å². The Hall–Kier alpha value is -2.29. The molecule has 1 N–H and O–H groups in total. The lowest BCUT2D eigenvalue weighted by atomic mass is 9.88. The van der Waals surface area contributed by atoms with Gasteiger partial charge >= 0.3 is 0 Å². The van der Waals surface area contributed by atoms with Crippen LogP contribution >= 0.6 is 0 Å². The minimum Gasteiger partial charge on any atom is -0.508 e. The Labute approximate surface area is 130 Å². The highest BCUT2D eigenvalue weighted by molar-refractivity contribution is 5.94. The summed E-state index contributed by atoms with van der Waals surface area (Å²) < 4.78 is 0. The number of phenolic OH excluding ortho intramolecular Hbond substituents is 1. The zero-order valence-corrected chi connectivity index (χ0v) is 12.4. The Balaban J connectivity index is 1.63. The Morgan fingerprint density at radius 2 is 1.86 bits per heavy atom. The fraction of sp³-hybridized carbons (Fsp3) is 0.316. The first-order chi connectivity index (χ1) is 10.7. The van der Waals surface area contributed by atoms with Crippen LogP contribution in [0.25, 0.3) is 0 Å². The number of carbonyl (C=O) groups is 1. The molecule has 0 spiro atoms. The van der Waals surface area contributed by atoms with Crippen LogP contribution in [0.3, 0.4) is 0 Å². The molecule has 1 amide bonds. The van der Waals surface area contributed by atoms with E-state index in [-0.39, 0.29) is 17.7 Å². The van der Waals surface area contributed by atoms with Crippen molar-refractivity contribution in [2.24, 2.45) is 0 Å². The van der Waals surface area contributed by atoms with Gasteiger partial charge in [0.2, 0.25) is 0 Å². The molecule has 0 radical (unpaired) electrons. The van der Waals surface area contributed by atoms with Gasteiger partial charge in [-0.25, -0.2) is 0 Å². The van der Waals surface area contributed by atoms with Crippen molar-refractivity contribution < 1.29 is 9.90 Å². The third-order valence-electron chi connectivity index (χ3n) is 5.04. The summed E-state index contributed by atoms with van der Waals surface area (Å²) >= 11 is 0. The summed E-state index contributed by atoms with van der Waals surface area (Å²) in [5.41, 5.74) is 3.48. The average Bonchev–Trinajstić information content (AvgIpc) is 2.93. The van der Waals surface area contributed by atoms with E-state index in [2.05, 4.69) is 24.3 Å². The number of nitrogens with zero attached hydrogens (tertiary/aromatic N) is 1. The van der Waals surface area contributed by atoms with Crippen LogP contribution in [0.4, 0.5) is 0 Å². The van der Waals surface area contributed by atoms with E-state index < -0.39 is 0 Å². The summed E-state index contributed by atoms with van der Waals surface area (Å²) in [4.78, 5) is 14.9. The highest BCUT2D eigenvalue weighted by Crippen LogP contribution is 2.42. The largest absolute Gasteiger partial charge is 0.508 e. The maximum absolute atomic E-state index is 12.8. The summed E-state index contributed by atoms with van der Waals surface area (Å²) in [6.45, 7) is 0.828. The Morgan fingerprint density at radius 1 is 1.09 bits per heavy atom. The van der Waals surface area contributed by atoms with Crippen LogP contribution in [0, 0.1) is 0 Å². The number of rotatable bonds is 1. The molecule has 0 bridgehead atoms. The van der Waals surface area contributed by atoms with Crippen LogP contribution in [0.2, 0.25) is 0 Å². The second kappa shape index (κ2) is 5.16. The van der Waals surface area contributed by atoms with E-state index in [1.165, 1.54) is 17.5 Å². The van der Waals surface area contributed by atoms with Gasteiger partial charge in [0.1, 0.15) is 5.75 Å². The van der Waals surface area contributed by atoms with Crippen LogP contribution in [0.15, 0.2) is 48.5 Å². The minimum atomic E-state index is 0.0857. The average molecular weight is 293 g/mol. The molecule has 4 rings (SSSR count). The number of hydrogen-bond acceptors (Lipinski definition) is 2. The number of hydrogen-bond donors (Lipinski definition) is 1. The molecule has 1 fully saturated rings. The quantitative estimate of drug-likeness (QED) is 0.876. The number of piperidine rings is 1. The van der Waals surface area contributed by atoms with Gasteiger partial charge in [0, 0.05) is 24.1 Å². The predicted octanol–water partition coefficient (Wildman–Crippen LogP) is 3.34. The van der Waals surface area contributed by atoms with Crippen LogP contribution in [-0.4, -0.2) is 28.5 Å². The zero-order chi connectivity index (χ0) is 15.1. The summed E-state index contributed by atoms with van der Waals surface area (Å²) in [5, 5.41) is 9.39. The first-order valence-electron chi connectivity index (χ1n) is 7.92. The van der Waals surface area contributed by atoms with Gasteiger partial charge in [-0.3, -0.25) is 4.79 Å². The van der Waals surface area contributed by atoms with E-state index in [4.69, 9.17) is 0 Å². The molecule has 2 aromatic carbocycles. The molecule has 1 aliphatic carbocycles. The lowest BCUT2D eigenvalue weighted by molar-refractivity contribution is 0.0595. The number of fused-ring (bicyclic) bond motifs is 3. The van der Waals surface area contributed by atoms with Crippen molar-refractivity contribution in [1.29, 1.82) is 0 Å². The number of likely N-dealkylation sites (tertiary alicyclic amines) is 1. The Morgan fingerprint density at radius 3 is 2.68 bits per heavy atom. The number of amides is 1. The van der Waals surface area contributed by atoms with Crippen molar-refractivity contribution in [1.82, 2.24) is 4.90 Å². The standard InChI is InChI=1S/C19H19NO2/c21-15-9-7-13(8-10-15)19(22)20-11-3-6-17-16-5-2-1-4-14(16)12-18(17)20/h1-2,4-5,7-10,17-18,21H,3,6,11-12H2. The second-order valence-electron chi connectivity index (χ2n) is 6.26. The number of aromatic hydroxyl groups is 1. The fourth-order valence-corrected chi connectivity index (χ4v) is 4.00. The molecule has 1 aliphatic heterocycles. The fourth-order valence-electron chi connectivity index (χ4n) is 4.00. The van der Waals surface area contributed by atoms with E-state index in [0.717, 1.165) is 19.4 Å². The molecule has 1 saturated heterocycles. The summed E-state index contributed by atoms with van der Waals surface area (Å²) in [7, 11) is 0. The van der Waals surface area contributed by atoms with Gasteiger partial charge in [0.15, 0.2) is 0 Å². The zero-order valence-electron chi connectivity index (χ0n) is 12.4. The maximum atomic E-state index is 12.8. The third kappa shape index (κ3) is 2.08. The number of phenols is 1.